The molecule has 1 fully saturated rings. The number of hydrogen-bond donors (Lipinski definition) is 2. The molecule has 1 heterocycles. The third-order valence-corrected chi connectivity index (χ3v) is 3.75. The predicted molar refractivity (Wildman–Crippen MR) is 67.8 cm³/mol. The largest absolute Gasteiger partial charge is 0.388 e. The fourth-order valence-electron chi connectivity index (χ4n) is 2.31. The van der Waals surface area contributed by atoms with E-state index in [-0.39, 0.29) is 5.82 Å². The van der Waals surface area contributed by atoms with Crippen LogP contribution in [-0.2, 0) is 0 Å². The highest BCUT2D eigenvalue weighted by atomic mass is 19.1. The highest BCUT2D eigenvalue weighted by Gasteiger charge is 2.31. The van der Waals surface area contributed by atoms with Gasteiger partial charge in [0.25, 0.3) is 0 Å². The van der Waals surface area contributed by atoms with Crippen LogP contribution in [0.15, 0.2) is 6.33 Å². The maximum Gasteiger partial charge on any atom is 0.186 e. The second kappa shape index (κ2) is 5.18. The summed E-state index contributed by atoms with van der Waals surface area (Å²) in [7, 11) is 0. The van der Waals surface area contributed by atoms with Crippen LogP contribution in [0.5, 0.6) is 0 Å². The first-order valence-corrected chi connectivity index (χ1v) is 6.43. The zero-order valence-corrected chi connectivity index (χ0v) is 10.9. The summed E-state index contributed by atoms with van der Waals surface area (Å²) in [5, 5.41) is 13.3. The lowest BCUT2D eigenvalue weighted by Gasteiger charge is -2.35. The van der Waals surface area contributed by atoms with Gasteiger partial charge in [0.1, 0.15) is 6.33 Å². The molecule has 18 heavy (non-hydrogen) atoms. The first-order chi connectivity index (χ1) is 8.50. The van der Waals surface area contributed by atoms with Gasteiger partial charge in [0.05, 0.1) is 11.3 Å². The number of nitrogens with one attached hydrogen (secondary N) is 1. The number of nitrogens with zero attached hydrogens (tertiary/aromatic N) is 2. The van der Waals surface area contributed by atoms with Crippen molar-refractivity contribution in [2.75, 3.05) is 11.9 Å². The van der Waals surface area contributed by atoms with Gasteiger partial charge >= 0.3 is 0 Å². The number of halogens is 1. The number of anilines is 1. The van der Waals surface area contributed by atoms with Crippen LogP contribution in [-0.4, -0.2) is 27.2 Å². The molecule has 0 spiro atoms. The lowest BCUT2D eigenvalue weighted by Crippen LogP contribution is -2.40. The topological polar surface area (TPSA) is 58.0 Å². The van der Waals surface area contributed by atoms with E-state index in [9.17, 15) is 9.50 Å². The summed E-state index contributed by atoms with van der Waals surface area (Å²) in [6.45, 7) is 4.13. The van der Waals surface area contributed by atoms with E-state index in [4.69, 9.17) is 0 Å². The average molecular weight is 253 g/mol. The Balaban J connectivity index is 1.97. The van der Waals surface area contributed by atoms with Crippen molar-refractivity contribution in [2.24, 2.45) is 5.92 Å². The second-order valence-corrected chi connectivity index (χ2v) is 5.38. The molecule has 0 saturated heterocycles. The van der Waals surface area contributed by atoms with E-state index in [1.807, 2.05) is 0 Å². The van der Waals surface area contributed by atoms with E-state index >= 15 is 0 Å². The lowest BCUT2D eigenvalue weighted by molar-refractivity contribution is 0.00489. The van der Waals surface area contributed by atoms with Crippen molar-refractivity contribution < 1.29 is 9.50 Å². The standard InChI is InChI=1S/C13H20FN3O/c1-9-3-5-13(18,6-4-9)7-15-12-11(14)10(2)16-8-17-12/h8-9,18H,3-7H2,1-2H3,(H,15,16,17). The molecule has 1 aliphatic rings. The van der Waals surface area contributed by atoms with E-state index in [1.165, 1.54) is 6.33 Å². The quantitative estimate of drug-likeness (QED) is 0.867. The first-order valence-electron chi connectivity index (χ1n) is 6.43. The van der Waals surface area contributed by atoms with E-state index < -0.39 is 11.4 Å². The van der Waals surface area contributed by atoms with E-state index in [0.717, 1.165) is 25.7 Å². The molecule has 2 rings (SSSR count). The molecular weight excluding hydrogens is 233 g/mol. The third-order valence-electron chi connectivity index (χ3n) is 3.75. The van der Waals surface area contributed by atoms with Crippen LogP contribution in [0.4, 0.5) is 10.2 Å². The average Bonchev–Trinajstić information content (AvgIpc) is 2.35. The van der Waals surface area contributed by atoms with Gasteiger partial charge in [0.2, 0.25) is 0 Å². The van der Waals surface area contributed by atoms with Gasteiger partial charge in [-0.25, -0.2) is 14.4 Å². The Morgan fingerprint density at radius 3 is 2.78 bits per heavy atom. The normalized spacial score (nSPS) is 28.1. The summed E-state index contributed by atoms with van der Waals surface area (Å²) in [6.07, 6.45) is 4.88. The number of rotatable bonds is 3. The number of aromatic nitrogens is 2. The van der Waals surface area contributed by atoms with Crippen molar-refractivity contribution in [1.82, 2.24) is 9.97 Å². The molecule has 100 valence electrons. The Kier molecular flexibility index (Phi) is 3.80. The van der Waals surface area contributed by atoms with Crippen molar-refractivity contribution in [1.29, 1.82) is 0 Å². The number of aliphatic hydroxyl groups is 1. The SMILES string of the molecule is Cc1ncnc(NCC2(O)CCC(C)CC2)c1F. The van der Waals surface area contributed by atoms with Gasteiger partial charge in [0.15, 0.2) is 11.6 Å². The summed E-state index contributed by atoms with van der Waals surface area (Å²) in [4.78, 5) is 7.63. The van der Waals surface area contributed by atoms with Gasteiger partial charge in [-0.3, -0.25) is 0 Å². The molecule has 1 saturated carbocycles. The maximum atomic E-state index is 13.7. The monoisotopic (exact) mass is 253 g/mol. The van der Waals surface area contributed by atoms with Gasteiger partial charge in [-0.05, 0) is 38.5 Å². The fraction of sp³-hybridized carbons (Fsp3) is 0.692. The molecule has 0 amide bonds. The molecule has 0 bridgehead atoms. The van der Waals surface area contributed by atoms with E-state index in [1.54, 1.807) is 6.92 Å². The fourth-order valence-corrected chi connectivity index (χ4v) is 2.31. The Bertz CT molecular complexity index is 417. The van der Waals surface area contributed by atoms with Gasteiger partial charge in [-0.2, -0.15) is 0 Å². The van der Waals surface area contributed by atoms with E-state index in [2.05, 4.69) is 22.2 Å². The molecular formula is C13H20FN3O. The molecule has 5 heteroatoms. The number of aryl methyl sites for hydroxylation is 1. The highest BCUT2D eigenvalue weighted by Crippen LogP contribution is 2.32. The molecule has 1 aliphatic carbocycles. The summed E-state index contributed by atoms with van der Waals surface area (Å²) in [5.74, 6) is 0.406. The Labute approximate surface area is 107 Å². The zero-order valence-electron chi connectivity index (χ0n) is 10.9. The highest BCUT2D eigenvalue weighted by molar-refractivity contribution is 5.37. The summed E-state index contributed by atoms with van der Waals surface area (Å²) < 4.78 is 13.7. The minimum Gasteiger partial charge on any atom is -0.388 e. The third kappa shape index (κ3) is 2.96. The van der Waals surface area contributed by atoms with Crippen molar-refractivity contribution in [2.45, 2.75) is 45.1 Å². The molecule has 1 aromatic rings. The van der Waals surface area contributed by atoms with Crippen LogP contribution in [0, 0.1) is 18.7 Å². The molecule has 1 aromatic heterocycles. The molecule has 0 radical (unpaired) electrons. The maximum absolute atomic E-state index is 13.7. The van der Waals surface area contributed by atoms with Crippen molar-refractivity contribution in [3.8, 4) is 0 Å². The van der Waals surface area contributed by atoms with Crippen molar-refractivity contribution in [3.05, 3.63) is 17.8 Å². The molecule has 2 N–H and O–H groups in total. The van der Waals surface area contributed by atoms with Crippen LogP contribution >= 0.6 is 0 Å². The summed E-state index contributed by atoms with van der Waals surface area (Å²) in [5.41, 5.74) is -0.422. The Morgan fingerprint density at radius 2 is 2.11 bits per heavy atom. The van der Waals surface area contributed by atoms with Crippen molar-refractivity contribution >= 4 is 5.82 Å². The van der Waals surface area contributed by atoms with Crippen LogP contribution in [0.1, 0.15) is 38.3 Å². The smallest absolute Gasteiger partial charge is 0.186 e. The van der Waals surface area contributed by atoms with Gasteiger partial charge in [-0.15, -0.1) is 0 Å². The van der Waals surface area contributed by atoms with Gasteiger partial charge in [0, 0.05) is 6.54 Å². The van der Waals surface area contributed by atoms with Crippen LogP contribution in [0.25, 0.3) is 0 Å². The molecule has 0 aliphatic heterocycles. The minimum atomic E-state index is -0.738. The van der Waals surface area contributed by atoms with Crippen molar-refractivity contribution in [3.63, 3.8) is 0 Å². The van der Waals surface area contributed by atoms with Crippen LogP contribution in [0.2, 0.25) is 0 Å². The Hall–Kier alpha value is -1.23. The van der Waals surface area contributed by atoms with E-state index in [0.29, 0.717) is 18.2 Å². The Morgan fingerprint density at radius 1 is 1.44 bits per heavy atom. The molecule has 0 aromatic carbocycles. The van der Waals surface area contributed by atoms with Crippen LogP contribution < -0.4 is 5.32 Å². The second-order valence-electron chi connectivity index (χ2n) is 5.38. The zero-order chi connectivity index (χ0) is 13.2. The first kappa shape index (κ1) is 13.2. The molecule has 4 nitrogen and oxygen atoms in total. The molecule has 0 atom stereocenters. The number of hydrogen-bond acceptors (Lipinski definition) is 4. The summed E-state index contributed by atoms with van der Waals surface area (Å²) >= 11 is 0. The van der Waals surface area contributed by atoms with Crippen LogP contribution in [0.3, 0.4) is 0 Å². The van der Waals surface area contributed by atoms with Gasteiger partial charge in [-0.1, -0.05) is 6.92 Å². The predicted octanol–water partition coefficient (Wildman–Crippen LogP) is 2.28. The lowest BCUT2D eigenvalue weighted by atomic mass is 9.79. The molecule has 0 unspecified atom stereocenters. The summed E-state index contributed by atoms with van der Waals surface area (Å²) in [6, 6.07) is 0. The minimum absolute atomic E-state index is 0.176. The van der Waals surface area contributed by atoms with Gasteiger partial charge < -0.3 is 10.4 Å².